The van der Waals surface area contributed by atoms with Crippen LogP contribution in [0.4, 0.5) is 4.79 Å². The number of hydrogen-bond acceptors (Lipinski definition) is 4. The van der Waals surface area contributed by atoms with Gasteiger partial charge >= 0.3 is 6.09 Å². The number of nitrogens with zero attached hydrogens (tertiary/aromatic N) is 1. The van der Waals surface area contributed by atoms with Gasteiger partial charge in [0.25, 0.3) is 0 Å². The highest BCUT2D eigenvalue weighted by atomic mass is 16.6. The van der Waals surface area contributed by atoms with Crippen LogP contribution in [0.3, 0.4) is 0 Å². The molecule has 1 N–H and O–H groups in total. The van der Waals surface area contributed by atoms with Crippen LogP contribution in [0.5, 0.6) is 0 Å². The minimum atomic E-state index is -0.480. The summed E-state index contributed by atoms with van der Waals surface area (Å²) in [4.78, 5) is 11.2. The molecule has 1 rings (SSSR count). The Morgan fingerprint density at radius 2 is 2.06 bits per heavy atom. The minimum absolute atomic E-state index is 0.232. The Morgan fingerprint density at radius 1 is 1.35 bits per heavy atom. The van der Waals surface area contributed by atoms with E-state index in [0.29, 0.717) is 18.7 Å². The van der Waals surface area contributed by atoms with Crippen molar-refractivity contribution in [3.05, 3.63) is 35.4 Å². The number of methoxy groups -OCH3 is 1. The molecule has 0 fully saturated rings. The number of carbonyl (C=O) groups excluding carboxylic acids is 1. The zero-order valence-electron chi connectivity index (χ0n) is 9.60. The second-order valence-corrected chi connectivity index (χ2v) is 3.29. The summed E-state index contributed by atoms with van der Waals surface area (Å²) in [5.74, 6) is 0. The van der Waals surface area contributed by atoms with Crippen LogP contribution in [0, 0.1) is 11.3 Å². The van der Waals surface area contributed by atoms with Gasteiger partial charge in [0.2, 0.25) is 0 Å². The van der Waals surface area contributed by atoms with Gasteiger partial charge in [0.05, 0.1) is 18.2 Å². The molecule has 0 bridgehead atoms. The molecule has 90 valence electrons. The van der Waals surface area contributed by atoms with Gasteiger partial charge < -0.3 is 14.8 Å². The van der Waals surface area contributed by atoms with Crippen LogP contribution < -0.4 is 5.32 Å². The number of ether oxygens (including phenoxy) is 2. The summed E-state index contributed by atoms with van der Waals surface area (Å²) in [5.41, 5.74) is 1.50. The summed E-state index contributed by atoms with van der Waals surface area (Å²) in [7, 11) is 1.54. The number of nitrogens with one attached hydrogen (secondary N) is 1. The Labute approximate surface area is 100.0 Å². The van der Waals surface area contributed by atoms with Crippen LogP contribution in [-0.4, -0.2) is 26.4 Å². The first-order chi connectivity index (χ1) is 8.26. The van der Waals surface area contributed by atoms with Crippen LogP contribution in [0.2, 0.25) is 0 Å². The van der Waals surface area contributed by atoms with Gasteiger partial charge in [0.15, 0.2) is 0 Å². The smallest absolute Gasteiger partial charge is 0.407 e. The summed E-state index contributed by atoms with van der Waals surface area (Å²) in [5, 5.41) is 11.2. The van der Waals surface area contributed by atoms with E-state index in [4.69, 9.17) is 14.7 Å². The number of carbonyl (C=O) groups is 1. The van der Waals surface area contributed by atoms with E-state index >= 15 is 0 Å². The molecule has 0 aliphatic rings. The van der Waals surface area contributed by atoms with Gasteiger partial charge in [-0.1, -0.05) is 12.1 Å². The van der Waals surface area contributed by atoms with E-state index in [-0.39, 0.29) is 6.61 Å². The van der Waals surface area contributed by atoms with Gasteiger partial charge in [0.1, 0.15) is 6.61 Å². The number of benzene rings is 1. The third-order valence-electron chi connectivity index (χ3n) is 2.04. The van der Waals surface area contributed by atoms with E-state index in [1.807, 2.05) is 6.07 Å². The van der Waals surface area contributed by atoms with Crippen molar-refractivity contribution < 1.29 is 14.3 Å². The standard InChI is InChI=1S/C12H14N2O3/c1-16-6-7-17-12(15)14-9-11-4-2-10(8-13)3-5-11/h2-5H,6-7,9H2,1H3,(H,14,15). The average molecular weight is 234 g/mol. The van der Waals surface area contributed by atoms with Crippen molar-refractivity contribution in [2.24, 2.45) is 0 Å². The van der Waals surface area contributed by atoms with Crippen molar-refractivity contribution in [1.29, 1.82) is 5.26 Å². The summed E-state index contributed by atoms with van der Waals surface area (Å²) in [6.07, 6.45) is -0.480. The molecule has 0 aliphatic carbocycles. The molecular weight excluding hydrogens is 220 g/mol. The lowest BCUT2D eigenvalue weighted by Gasteiger charge is -2.06. The fourth-order valence-corrected chi connectivity index (χ4v) is 1.14. The van der Waals surface area contributed by atoms with Gasteiger partial charge in [-0.2, -0.15) is 5.26 Å². The van der Waals surface area contributed by atoms with Gasteiger partial charge in [-0.15, -0.1) is 0 Å². The van der Waals surface area contributed by atoms with Crippen molar-refractivity contribution in [3.63, 3.8) is 0 Å². The zero-order chi connectivity index (χ0) is 12.5. The van der Waals surface area contributed by atoms with E-state index in [2.05, 4.69) is 5.32 Å². The molecule has 17 heavy (non-hydrogen) atoms. The first-order valence-corrected chi connectivity index (χ1v) is 5.15. The number of alkyl carbamates (subject to hydrolysis) is 1. The quantitative estimate of drug-likeness (QED) is 0.782. The topological polar surface area (TPSA) is 71.3 Å². The normalized spacial score (nSPS) is 9.41. The Balaban J connectivity index is 2.30. The van der Waals surface area contributed by atoms with Crippen molar-refractivity contribution in [1.82, 2.24) is 5.32 Å². The van der Waals surface area contributed by atoms with Crippen LogP contribution in [0.15, 0.2) is 24.3 Å². The highest BCUT2D eigenvalue weighted by Gasteiger charge is 2.01. The highest BCUT2D eigenvalue weighted by Crippen LogP contribution is 2.02. The molecule has 0 unspecified atom stereocenters. The molecule has 0 saturated heterocycles. The third-order valence-corrected chi connectivity index (χ3v) is 2.04. The van der Waals surface area contributed by atoms with Crippen LogP contribution in [0.25, 0.3) is 0 Å². The summed E-state index contributed by atoms with van der Waals surface area (Å²) >= 11 is 0. The van der Waals surface area contributed by atoms with Crippen molar-refractivity contribution in [2.75, 3.05) is 20.3 Å². The molecule has 0 atom stereocenters. The zero-order valence-corrected chi connectivity index (χ0v) is 9.60. The summed E-state index contributed by atoms with van der Waals surface area (Å²) in [6, 6.07) is 9.00. The maximum atomic E-state index is 11.2. The van der Waals surface area contributed by atoms with E-state index in [0.717, 1.165) is 5.56 Å². The monoisotopic (exact) mass is 234 g/mol. The van der Waals surface area contributed by atoms with Gasteiger partial charge in [-0.25, -0.2) is 4.79 Å². The first-order valence-electron chi connectivity index (χ1n) is 5.15. The molecule has 0 aromatic heterocycles. The Bertz CT molecular complexity index is 395. The molecule has 1 aromatic rings. The molecule has 0 spiro atoms. The van der Waals surface area contributed by atoms with Gasteiger partial charge in [0, 0.05) is 13.7 Å². The Kier molecular flexibility index (Phi) is 5.55. The van der Waals surface area contributed by atoms with E-state index in [9.17, 15) is 4.79 Å². The second kappa shape index (κ2) is 7.25. The lowest BCUT2D eigenvalue weighted by atomic mass is 10.1. The molecule has 5 nitrogen and oxygen atoms in total. The molecule has 5 heteroatoms. The molecule has 0 radical (unpaired) electrons. The van der Waals surface area contributed by atoms with E-state index < -0.39 is 6.09 Å². The average Bonchev–Trinajstić information content (AvgIpc) is 2.37. The second-order valence-electron chi connectivity index (χ2n) is 3.29. The maximum absolute atomic E-state index is 11.2. The van der Waals surface area contributed by atoms with Crippen molar-refractivity contribution >= 4 is 6.09 Å². The molecule has 0 saturated carbocycles. The lowest BCUT2D eigenvalue weighted by molar-refractivity contribution is 0.0983. The van der Waals surface area contributed by atoms with Crippen LogP contribution >= 0.6 is 0 Å². The molecule has 0 heterocycles. The van der Waals surface area contributed by atoms with Gasteiger partial charge in [-0.05, 0) is 17.7 Å². The number of amides is 1. The molecule has 0 aliphatic heterocycles. The van der Waals surface area contributed by atoms with Crippen molar-refractivity contribution in [3.8, 4) is 6.07 Å². The highest BCUT2D eigenvalue weighted by molar-refractivity contribution is 5.67. The number of hydrogen-bond donors (Lipinski definition) is 1. The SMILES string of the molecule is COCCOC(=O)NCc1ccc(C#N)cc1. The minimum Gasteiger partial charge on any atom is -0.447 e. The Hall–Kier alpha value is -2.06. The predicted octanol–water partition coefficient (Wildman–Crippen LogP) is 1.43. The third kappa shape index (κ3) is 5.00. The fraction of sp³-hybridized carbons (Fsp3) is 0.333. The lowest BCUT2D eigenvalue weighted by Crippen LogP contribution is -2.25. The predicted molar refractivity (Wildman–Crippen MR) is 61.2 cm³/mol. The summed E-state index contributed by atoms with van der Waals surface area (Å²) < 4.78 is 9.57. The number of nitriles is 1. The maximum Gasteiger partial charge on any atom is 0.407 e. The van der Waals surface area contributed by atoms with Crippen LogP contribution in [-0.2, 0) is 16.0 Å². The summed E-state index contributed by atoms with van der Waals surface area (Å²) in [6.45, 7) is 0.984. The first kappa shape index (κ1) is 13.0. The van der Waals surface area contributed by atoms with Crippen molar-refractivity contribution in [2.45, 2.75) is 6.54 Å². The molecule has 1 aromatic carbocycles. The fourth-order valence-electron chi connectivity index (χ4n) is 1.14. The largest absolute Gasteiger partial charge is 0.447 e. The molecular formula is C12H14N2O3. The van der Waals surface area contributed by atoms with E-state index in [1.165, 1.54) is 7.11 Å². The van der Waals surface area contributed by atoms with Crippen LogP contribution in [0.1, 0.15) is 11.1 Å². The number of rotatable bonds is 5. The molecule has 1 amide bonds. The Morgan fingerprint density at radius 3 is 2.65 bits per heavy atom. The van der Waals surface area contributed by atoms with E-state index in [1.54, 1.807) is 24.3 Å². The van der Waals surface area contributed by atoms with Gasteiger partial charge in [-0.3, -0.25) is 0 Å².